The van der Waals surface area contributed by atoms with Crippen LogP contribution in [0.15, 0.2) is 36.4 Å². The summed E-state index contributed by atoms with van der Waals surface area (Å²) in [5.41, 5.74) is 5.69. The second-order valence-corrected chi connectivity index (χ2v) is 14.1. The number of anilines is 1. The molecule has 2 aromatic carbocycles. The van der Waals surface area contributed by atoms with Gasteiger partial charge in [0.15, 0.2) is 0 Å². The van der Waals surface area contributed by atoms with Crippen LogP contribution in [0.4, 0.5) is 5.69 Å². The molecular formula is C37H54N6O3. The molecule has 0 unspecified atom stereocenters. The van der Waals surface area contributed by atoms with Gasteiger partial charge in [0.2, 0.25) is 5.91 Å². The van der Waals surface area contributed by atoms with Crippen molar-refractivity contribution in [3.8, 4) is 5.75 Å². The van der Waals surface area contributed by atoms with Gasteiger partial charge in [-0.2, -0.15) is 0 Å². The number of hydrogen-bond donors (Lipinski definition) is 1. The summed E-state index contributed by atoms with van der Waals surface area (Å²) in [6, 6.07) is 12.6. The fraction of sp³-hybridized carbons (Fsp3) is 0.568. The smallest absolute Gasteiger partial charge is 0.272 e. The van der Waals surface area contributed by atoms with E-state index in [0.29, 0.717) is 17.1 Å². The summed E-state index contributed by atoms with van der Waals surface area (Å²) in [4.78, 5) is 36.1. The molecule has 9 nitrogen and oxygen atoms in total. The number of rotatable bonds is 10. The first kappa shape index (κ1) is 33.9. The van der Waals surface area contributed by atoms with E-state index in [9.17, 15) is 9.59 Å². The Morgan fingerprint density at radius 1 is 0.978 bits per heavy atom. The Bertz CT molecular complexity index is 1540. The van der Waals surface area contributed by atoms with Crippen LogP contribution in [0, 0.1) is 0 Å². The molecule has 46 heavy (non-hydrogen) atoms. The molecule has 1 aromatic heterocycles. The maximum Gasteiger partial charge on any atom is 0.272 e. The first-order valence-electron chi connectivity index (χ1n) is 17.0. The van der Waals surface area contributed by atoms with Gasteiger partial charge in [-0.25, -0.2) is 0 Å². The summed E-state index contributed by atoms with van der Waals surface area (Å²) < 4.78 is 7.96. The van der Waals surface area contributed by atoms with Gasteiger partial charge in [-0.15, -0.1) is 0 Å². The van der Waals surface area contributed by atoms with Crippen molar-refractivity contribution >= 4 is 28.4 Å². The van der Waals surface area contributed by atoms with Crippen molar-refractivity contribution in [2.45, 2.75) is 72.0 Å². The van der Waals surface area contributed by atoms with Crippen molar-refractivity contribution in [3.05, 3.63) is 58.8 Å². The molecule has 0 aliphatic carbocycles. The monoisotopic (exact) mass is 630 g/mol. The molecule has 0 spiro atoms. The molecular weight excluding hydrogens is 576 g/mol. The Kier molecular flexibility index (Phi) is 10.4. The van der Waals surface area contributed by atoms with Crippen molar-refractivity contribution in [2.24, 2.45) is 7.05 Å². The molecule has 0 radical (unpaired) electrons. The van der Waals surface area contributed by atoms with E-state index in [1.54, 1.807) is 7.11 Å². The third kappa shape index (κ3) is 7.11. The van der Waals surface area contributed by atoms with E-state index in [1.807, 2.05) is 22.6 Å². The minimum absolute atomic E-state index is 0.0399. The lowest BCUT2D eigenvalue weighted by Gasteiger charge is -2.37. The molecule has 2 saturated heterocycles. The summed E-state index contributed by atoms with van der Waals surface area (Å²) in [7, 11) is 5.72. The van der Waals surface area contributed by atoms with Gasteiger partial charge < -0.3 is 19.5 Å². The average Bonchev–Trinajstić information content (AvgIpc) is 3.62. The minimum Gasteiger partial charge on any atom is -0.494 e. The van der Waals surface area contributed by atoms with E-state index in [0.717, 1.165) is 93.8 Å². The number of methoxy groups -OCH3 is 1. The molecule has 3 heterocycles. The molecule has 5 rings (SSSR count). The molecule has 1 N–H and O–H groups in total. The Morgan fingerprint density at radius 2 is 1.70 bits per heavy atom. The molecule has 0 saturated carbocycles. The van der Waals surface area contributed by atoms with Gasteiger partial charge in [0.05, 0.1) is 24.4 Å². The zero-order chi connectivity index (χ0) is 33.2. The van der Waals surface area contributed by atoms with E-state index in [1.165, 1.54) is 5.56 Å². The van der Waals surface area contributed by atoms with Gasteiger partial charge in [0, 0.05) is 57.3 Å². The standard InChI is InChI=1S/C37H54N6O3/c1-9-41(10-2)25-28-21-29(37(3,4)5)23-30(34(28)46-8)38-35(44)32-22-26-13-11-14-27(33(26)40(32)7)24-42-17-19-43(20-18-42)36(45)31-15-12-16-39(31)6/h11,13-14,21-23,31H,9-10,12,15-20,24-25H2,1-8H3,(H,38,44)/t31-/m0/s1. The van der Waals surface area contributed by atoms with Gasteiger partial charge in [-0.05, 0) is 68.2 Å². The SMILES string of the molecule is CCN(CC)Cc1cc(C(C)(C)C)cc(NC(=O)c2cc3cccc(CN4CCN(C(=O)[C@@H]5CCCN5C)CC4)c3n2C)c1OC. The highest BCUT2D eigenvalue weighted by molar-refractivity contribution is 6.07. The first-order chi connectivity index (χ1) is 21.9. The van der Waals surface area contributed by atoms with E-state index in [-0.39, 0.29) is 23.3 Å². The normalized spacial score (nSPS) is 18.1. The quantitative estimate of drug-likeness (QED) is 0.327. The molecule has 2 amide bonds. The van der Waals surface area contributed by atoms with Gasteiger partial charge in [-0.3, -0.25) is 24.3 Å². The van der Waals surface area contributed by atoms with Crippen LogP contribution in [0.1, 0.15) is 74.6 Å². The van der Waals surface area contributed by atoms with Crippen LogP contribution in [0.25, 0.3) is 10.9 Å². The highest BCUT2D eigenvalue weighted by Crippen LogP contribution is 2.37. The number of aromatic nitrogens is 1. The van der Waals surface area contributed by atoms with Gasteiger partial charge >= 0.3 is 0 Å². The third-order valence-corrected chi connectivity index (χ3v) is 10.0. The van der Waals surface area contributed by atoms with Crippen LogP contribution in [-0.2, 0) is 30.3 Å². The number of ether oxygens (including phenoxy) is 1. The fourth-order valence-electron chi connectivity index (χ4n) is 7.09. The molecule has 0 bridgehead atoms. The number of amides is 2. The van der Waals surface area contributed by atoms with Crippen LogP contribution >= 0.6 is 0 Å². The van der Waals surface area contributed by atoms with E-state index < -0.39 is 0 Å². The van der Waals surface area contributed by atoms with Crippen molar-refractivity contribution in [1.82, 2.24) is 24.2 Å². The van der Waals surface area contributed by atoms with Crippen molar-refractivity contribution in [1.29, 1.82) is 0 Å². The van der Waals surface area contributed by atoms with Crippen LogP contribution in [-0.4, -0.2) is 102 Å². The fourth-order valence-corrected chi connectivity index (χ4v) is 7.09. The largest absolute Gasteiger partial charge is 0.494 e. The maximum atomic E-state index is 14.0. The van der Waals surface area contributed by atoms with Crippen LogP contribution in [0.3, 0.4) is 0 Å². The number of carbonyl (C=O) groups is 2. The number of likely N-dealkylation sites (N-methyl/N-ethyl adjacent to an activating group) is 1. The molecule has 250 valence electrons. The summed E-state index contributed by atoms with van der Waals surface area (Å²) in [5.74, 6) is 0.835. The Balaban J connectivity index is 1.36. The van der Waals surface area contributed by atoms with Gasteiger partial charge in [0.1, 0.15) is 11.4 Å². The maximum absolute atomic E-state index is 14.0. The number of nitrogens with one attached hydrogen (secondary N) is 1. The zero-order valence-electron chi connectivity index (χ0n) is 29.3. The van der Waals surface area contributed by atoms with Crippen molar-refractivity contribution < 1.29 is 14.3 Å². The van der Waals surface area contributed by atoms with Crippen molar-refractivity contribution in [2.75, 3.05) is 65.3 Å². The summed E-state index contributed by atoms with van der Waals surface area (Å²) in [6.45, 7) is 18.5. The number of hydrogen-bond acceptors (Lipinski definition) is 6. The number of benzene rings is 2. The molecule has 9 heteroatoms. The number of carbonyl (C=O) groups excluding carboxylic acids is 2. The second kappa shape index (κ2) is 14.2. The lowest BCUT2D eigenvalue weighted by atomic mass is 9.85. The van der Waals surface area contributed by atoms with Crippen molar-refractivity contribution in [3.63, 3.8) is 0 Å². The predicted molar refractivity (Wildman–Crippen MR) is 187 cm³/mol. The third-order valence-electron chi connectivity index (χ3n) is 10.0. The number of fused-ring (bicyclic) bond motifs is 1. The summed E-state index contributed by atoms with van der Waals surface area (Å²) in [6.07, 6.45) is 2.06. The number of piperazine rings is 1. The predicted octanol–water partition coefficient (Wildman–Crippen LogP) is 5.32. The average molecular weight is 631 g/mol. The summed E-state index contributed by atoms with van der Waals surface area (Å²) >= 11 is 0. The first-order valence-corrected chi connectivity index (χ1v) is 17.0. The Morgan fingerprint density at radius 3 is 2.30 bits per heavy atom. The van der Waals surface area contributed by atoms with E-state index in [2.05, 4.69) is 92.0 Å². The zero-order valence-corrected chi connectivity index (χ0v) is 29.3. The number of likely N-dealkylation sites (tertiary alicyclic amines) is 1. The number of para-hydroxylation sites is 1. The molecule has 2 fully saturated rings. The lowest BCUT2D eigenvalue weighted by Crippen LogP contribution is -2.52. The van der Waals surface area contributed by atoms with E-state index >= 15 is 0 Å². The van der Waals surface area contributed by atoms with Crippen LogP contribution < -0.4 is 10.1 Å². The molecule has 2 aliphatic heterocycles. The Hall–Kier alpha value is -3.40. The molecule has 3 aromatic rings. The van der Waals surface area contributed by atoms with E-state index in [4.69, 9.17) is 4.74 Å². The van der Waals surface area contributed by atoms with Crippen LogP contribution in [0.2, 0.25) is 0 Å². The van der Waals surface area contributed by atoms with Gasteiger partial charge in [0.25, 0.3) is 5.91 Å². The highest BCUT2D eigenvalue weighted by atomic mass is 16.5. The molecule has 1 atom stereocenters. The van der Waals surface area contributed by atoms with Crippen LogP contribution in [0.5, 0.6) is 5.75 Å². The number of aryl methyl sites for hydroxylation is 1. The highest BCUT2D eigenvalue weighted by Gasteiger charge is 2.33. The summed E-state index contributed by atoms with van der Waals surface area (Å²) in [5, 5.41) is 4.27. The van der Waals surface area contributed by atoms with Gasteiger partial charge in [-0.1, -0.05) is 58.9 Å². The molecule has 2 aliphatic rings. The minimum atomic E-state index is -0.160. The topological polar surface area (TPSA) is 73.3 Å². The number of nitrogens with zero attached hydrogens (tertiary/aromatic N) is 5. The second-order valence-electron chi connectivity index (χ2n) is 14.1. The Labute approximate surface area is 275 Å². The lowest BCUT2D eigenvalue weighted by molar-refractivity contribution is -0.137.